The molecule has 1 heterocycles. The van der Waals surface area contributed by atoms with Gasteiger partial charge >= 0.3 is 5.91 Å². The van der Waals surface area contributed by atoms with Crippen LogP contribution in [0.25, 0.3) is 11.0 Å². The standard InChI is InChI=1S/C21H19N3O5/c1-3-27-18-11-14(7-8-16(18)28-10-9-22)13-23-24-21(25)19-12-15-5-4-6-17(26-2)20(15)29-19/h4-8,11-13H,3,10H2,1-2H3,(H,24,25)/b23-13-. The maximum atomic E-state index is 12.3. The van der Waals surface area contributed by atoms with Gasteiger partial charge in [-0.1, -0.05) is 12.1 Å². The average Bonchev–Trinajstić information content (AvgIpc) is 3.18. The second kappa shape index (κ2) is 9.28. The van der Waals surface area contributed by atoms with Gasteiger partial charge in [0.2, 0.25) is 0 Å². The van der Waals surface area contributed by atoms with Crippen molar-refractivity contribution >= 4 is 23.1 Å². The summed E-state index contributed by atoms with van der Waals surface area (Å²) in [6.07, 6.45) is 1.47. The highest BCUT2D eigenvalue weighted by atomic mass is 16.5. The van der Waals surface area contributed by atoms with Crippen LogP contribution in [0.5, 0.6) is 17.2 Å². The van der Waals surface area contributed by atoms with Gasteiger partial charge < -0.3 is 18.6 Å². The van der Waals surface area contributed by atoms with Gasteiger partial charge in [0.25, 0.3) is 0 Å². The number of hydrazone groups is 1. The van der Waals surface area contributed by atoms with Gasteiger partial charge in [0.1, 0.15) is 6.07 Å². The minimum Gasteiger partial charge on any atom is -0.493 e. The Bertz CT molecular complexity index is 1080. The molecule has 0 saturated carbocycles. The number of ether oxygens (including phenoxy) is 3. The lowest BCUT2D eigenvalue weighted by Gasteiger charge is -2.10. The molecule has 3 aromatic rings. The van der Waals surface area contributed by atoms with E-state index in [1.807, 2.05) is 25.1 Å². The molecule has 148 valence electrons. The maximum Gasteiger partial charge on any atom is 0.307 e. The predicted molar refractivity (Wildman–Crippen MR) is 107 cm³/mol. The molecule has 0 spiro atoms. The maximum absolute atomic E-state index is 12.3. The molecule has 8 nitrogen and oxygen atoms in total. The van der Waals surface area contributed by atoms with E-state index in [9.17, 15) is 4.79 Å². The van der Waals surface area contributed by atoms with E-state index in [-0.39, 0.29) is 12.4 Å². The first-order valence-electron chi connectivity index (χ1n) is 8.82. The highest BCUT2D eigenvalue weighted by molar-refractivity contribution is 5.97. The summed E-state index contributed by atoms with van der Waals surface area (Å²) in [5, 5.41) is 13.4. The van der Waals surface area contributed by atoms with Crippen molar-refractivity contribution in [2.75, 3.05) is 20.3 Å². The number of hydrogen-bond acceptors (Lipinski definition) is 7. The lowest BCUT2D eigenvalue weighted by atomic mass is 10.2. The zero-order chi connectivity index (χ0) is 20.6. The lowest BCUT2D eigenvalue weighted by Crippen LogP contribution is -2.16. The number of benzene rings is 2. The van der Waals surface area contributed by atoms with E-state index in [4.69, 9.17) is 23.9 Å². The van der Waals surface area contributed by atoms with Crippen molar-refractivity contribution in [2.24, 2.45) is 5.10 Å². The van der Waals surface area contributed by atoms with Gasteiger partial charge in [-0.15, -0.1) is 0 Å². The van der Waals surface area contributed by atoms with E-state index in [0.717, 1.165) is 5.39 Å². The number of hydrogen-bond donors (Lipinski definition) is 1. The molecule has 3 rings (SSSR count). The zero-order valence-electron chi connectivity index (χ0n) is 16.0. The van der Waals surface area contributed by atoms with Crippen LogP contribution in [0.3, 0.4) is 0 Å². The number of nitrogens with zero attached hydrogens (tertiary/aromatic N) is 2. The van der Waals surface area contributed by atoms with Crippen molar-refractivity contribution in [3.63, 3.8) is 0 Å². The predicted octanol–water partition coefficient (Wildman–Crippen LogP) is 3.51. The molecule has 0 bridgehead atoms. The first kappa shape index (κ1) is 19.8. The Labute approximate surface area is 167 Å². The molecule has 8 heteroatoms. The van der Waals surface area contributed by atoms with Crippen molar-refractivity contribution in [3.8, 4) is 23.3 Å². The van der Waals surface area contributed by atoms with Crippen LogP contribution >= 0.6 is 0 Å². The van der Waals surface area contributed by atoms with E-state index in [1.165, 1.54) is 13.3 Å². The van der Waals surface area contributed by atoms with Gasteiger partial charge in [-0.25, -0.2) is 5.43 Å². The van der Waals surface area contributed by atoms with E-state index in [0.29, 0.717) is 35.0 Å². The second-order valence-corrected chi connectivity index (χ2v) is 5.77. The Morgan fingerprint density at radius 2 is 2.07 bits per heavy atom. The van der Waals surface area contributed by atoms with Crippen LogP contribution in [0.4, 0.5) is 0 Å². The van der Waals surface area contributed by atoms with Crippen LogP contribution in [-0.4, -0.2) is 32.4 Å². The molecular weight excluding hydrogens is 374 g/mol. The molecule has 29 heavy (non-hydrogen) atoms. The number of rotatable bonds is 8. The molecule has 0 unspecified atom stereocenters. The number of nitriles is 1. The van der Waals surface area contributed by atoms with Gasteiger partial charge in [-0.3, -0.25) is 4.79 Å². The van der Waals surface area contributed by atoms with Gasteiger partial charge in [-0.2, -0.15) is 10.4 Å². The minimum absolute atomic E-state index is 0.0775. The number of furan rings is 1. The first-order chi connectivity index (χ1) is 14.2. The van der Waals surface area contributed by atoms with Gasteiger partial charge in [0, 0.05) is 5.39 Å². The zero-order valence-corrected chi connectivity index (χ0v) is 16.0. The number of carbonyl (C=O) groups is 1. The Morgan fingerprint density at radius 1 is 1.21 bits per heavy atom. The van der Waals surface area contributed by atoms with E-state index in [1.54, 1.807) is 30.3 Å². The third-order valence-corrected chi connectivity index (χ3v) is 3.89. The molecule has 0 aliphatic heterocycles. The fourth-order valence-electron chi connectivity index (χ4n) is 2.63. The monoisotopic (exact) mass is 393 g/mol. The molecule has 0 saturated heterocycles. The summed E-state index contributed by atoms with van der Waals surface area (Å²) in [6, 6.07) is 14.0. The summed E-state index contributed by atoms with van der Waals surface area (Å²) in [4.78, 5) is 12.3. The summed E-state index contributed by atoms with van der Waals surface area (Å²) < 4.78 is 21.7. The van der Waals surface area contributed by atoms with Crippen molar-refractivity contribution in [1.29, 1.82) is 5.26 Å². The fourth-order valence-corrected chi connectivity index (χ4v) is 2.63. The van der Waals surface area contributed by atoms with Crippen LogP contribution < -0.4 is 19.6 Å². The van der Waals surface area contributed by atoms with Crippen molar-refractivity contribution in [1.82, 2.24) is 5.43 Å². The van der Waals surface area contributed by atoms with Crippen molar-refractivity contribution in [2.45, 2.75) is 6.92 Å². The van der Waals surface area contributed by atoms with Crippen LogP contribution in [0.2, 0.25) is 0 Å². The second-order valence-electron chi connectivity index (χ2n) is 5.77. The summed E-state index contributed by atoms with van der Waals surface area (Å²) in [5.41, 5.74) is 3.61. The molecule has 2 aromatic carbocycles. The van der Waals surface area contributed by atoms with E-state index >= 15 is 0 Å². The third kappa shape index (κ3) is 4.65. The van der Waals surface area contributed by atoms with Crippen molar-refractivity contribution in [3.05, 3.63) is 53.8 Å². The number of nitrogens with one attached hydrogen (secondary N) is 1. The number of para-hydroxylation sites is 1. The van der Waals surface area contributed by atoms with Crippen LogP contribution in [0, 0.1) is 11.3 Å². The Morgan fingerprint density at radius 3 is 2.83 bits per heavy atom. The van der Waals surface area contributed by atoms with Gasteiger partial charge in [0.15, 0.2) is 35.2 Å². The van der Waals surface area contributed by atoms with E-state index in [2.05, 4.69) is 10.5 Å². The quantitative estimate of drug-likeness (QED) is 0.464. The Hall–Kier alpha value is -3.99. The van der Waals surface area contributed by atoms with Gasteiger partial charge in [-0.05, 0) is 42.8 Å². The third-order valence-electron chi connectivity index (χ3n) is 3.89. The largest absolute Gasteiger partial charge is 0.493 e. The Kier molecular flexibility index (Phi) is 6.32. The molecular formula is C21H19N3O5. The van der Waals surface area contributed by atoms with E-state index < -0.39 is 5.91 Å². The highest BCUT2D eigenvalue weighted by Crippen LogP contribution is 2.29. The summed E-state index contributed by atoms with van der Waals surface area (Å²) >= 11 is 0. The smallest absolute Gasteiger partial charge is 0.307 e. The molecule has 0 aliphatic carbocycles. The summed E-state index contributed by atoms with van der Waals surface area (Å²) in [5.74, 6) is 1.14. The fraction of sp³-hybridized carbons (Fsp3) is 0.190. The number of amides is 1. The van der Waals surface area contributed by atoms with Crippen LogP contribution in [-0.2, 0) is 0 Å². The SMILES string of the molecule is CCOc1cc(/C=N\NC(=O)c2cc3cccc(OC)c3o2)ccc1OCC#N. The molecule has 0 fully saturated rings. The molecule has 0 aliphatic rings. The first-order valence-corrected chi connectivity index (χ1v) is 8.82. The molecule has 0 radical (unpaired) electrons. The summed E-state index contributed by atoms with van der Waals surface area (Å²) in [7, 11) is 1.54. The Balaban J connectivity index is 1.71. The number of carbonyl (C=O) groups excluding carboxylic acids is 1. The normalized spacial score (nSPS) is 10.7. The van der Waals surface area contributed by atoms with Crippen LogP contribution in [0.1, 0.15) is 23.0 Å². The summed E-state index contributed by atoms with van der Waals surface area (Å²) in [6.45, 7) is 2.21. The lowest BCUT2D eigenvalue weighted by molar-refractivity contribution is 0.0929. The van der Waals surface area contributed by atoms with Gasteiger partial charge in [0.05, 0.1) is 19.9 Å². The molecule has 1 aromatic heterocycles. The van der Waals surface area contributed by atoms with Crippen LogP contribution in [0.15, 0.2) is 52.0 Å². The average molecular weight is 393 g/mol. The number of fused-ring (bicyclic) bond motifs is 1. The molecule has 0 atom stereocenters. The molecule has 1 N–H and O–H groups in total. The minimum atomic E-state index is -0.487. The number of methoxy groups -OCH3 is 1. The van der Waals surface area contributed by atoms with Crippen molar-refractivity contribution < 1.29 is 23.4 Å². The molecule has 1 amide bonds. The highest BCUT2D eigenvalue weighted by Gasteiger charge is 2.14. The topological polar surface area (TPSA) is 106 Å².